The molecule has 0 unspecified atom stereocenters. The number of hydrogen-bond donors (Lipinski definition) is 1. The van der Waals surface area contributed by atoms with Crippen LogP contribution in [0.2, 0.25) is 0 Å². The van der Waals surface area contributed by atoms with Crippen LogP contribution in [0.1, 0.15) is 17.7 Å². The number of carbonyl (C=O) groups excluding carboxylic acids is 1. The van der Waals surface area contributed by atoms with Gasteiger partial charge in [-0.1, -0.05) is 24.3 Å². The second-order valence-corrected chi connectivity index (χ2v) is 6.45. The van der Waals surface area contributed by atoms with Gasteiger partial charge in [-0.05, 0) is 60.9 Å². The Kier molecular flexibility index (Phi) is 4.65. The molecule has 0 fully saturated rings. The summed E-state index contributed by atoms with van der Waals surface area (Å²) < 4.78 is 0. The number of nitrogens with one attached hydrogen (secondary N) is 1. The van der Waals surface area contributed by atoms with Crippen molar-refractivity contribution in [2.75, 3.05) is 16.8 Å². The molecular formula is C22H21N3O. The largest absolute Gasteiger partial charge is 0.341 e. The summed E-state index contributed by atoms with van der Waals surface area (Å²) in [6, 6.07) is 22.3. The molecule has 0 atom stereocenters. The molecule has 0 saturated carbocycles. The number of amides is 1. The number of hydrogen-bond acceptors (Lipinski definition) is 3. The van der Waals surface area contributed by atoms with E-state index in [0.29, 0.717) is 12.8 Å². The summed E-state index contributed by atoms with van der Waals surface area (Å²) in [6.07, 6.45) is 3.90. The summed E-state index contributed by atoms with van der Waals surface area (Å²) in [5.74, 6) is 0.00919. The molecule has 0 aliphatic carbocycles. The molecule has 4 heteroatoms. The lowest BCUT2D eigenvalue weighted by molar-refractivity contribution is -0.116. The summed E-state index contributed by atoms with van der Waals surface area (Å²) in [5, 5.41) is 2.96. The third-order valence-electron chi connectivity index (χ3n) is 4.68. The molecule has 4 rings (SSSR count). The zero-order valence-corrected chi connectivity index (χ0v) is 14.6. The van der Waals surface area contributed by atoms with Crippen molar-refractivity contribution in [1.29, 1.82) is 0 Å². The number of fused-ring (bicyclic) bond motifs is 1. The predicted octanol–water partition coefficient (Wildman–Crippen LogP) is 4.35. The third-order valence-corrected chi connectivity index (χ3v) is 4.68. The highest BCUT2D eigenvalue weighted by atomic mass is 16.1. The molecule has 3 aromatic rings. The maximum Gasteiger partial charge on any atom is 0.224 e. The van der Waals surface area contributed by atoms with Crippen LogP contribution in [0.5, 0.6) is 0 Å². The molecule has 0 bridgehead atoms. The van der Waals surface area contributed by atoms with E-state index in [9.17, 15) is 4.79 Å². The Morgan fingerprint density at radius 3 is 2.62 bits per heavy atom. The van der Waals surface area contributed by atoms with Crippen LogP contribution in [0.15, 0.2) is 72.9 Å². The number of nitrogens with zero attached hydrogens (tertiary/aromatic N) is 2. The summed E-state index contributed by atoms with van der Waals surface area (Å²) in [7, 11) is 0. The number of para-hydroxylation sites is 1. The molecule has 0 radical (unpaired) electrons. The van der Waals surface area contributed by atoms with Gasteiger partial charge in [0.15, 0.2) is 0 Å². The molecule has 0 saturated heterocycles. The molecule has 1 aliphatic heterocycles. The van der Waals surface area contributed by atoms with Gasteiger partial charge in [-0.2, -0.15) is 0 Å². The van der Waals surface area contributed by atoms with Crippen molar-refractivity contribution in [2.45, 2.75) is 19.3 Å². The summed E-state index contributed by atoms with van der Waals surface area (Å²) in [4.78, 5) is 18.7. The first kappa shape index (κ1) is 16.3. The first-order chi connectivity index (χ1) is 12.8. The average molecular weight is 343 g/mol. The molecule has 1 amide bonds. The molecule has 1 N–H and O–H groups in total. The first-order valence-electron chi connectivity index (χ1n) is 8.95. The van der Waals surface area contributed by atoms with Crippen LogP contribution in [-0.2, 0) is 17.6 Å². The number of benzene rings is 2. The van der Waals surface area contributed by atoms with Crippen molar-refractivity contribution in [1.82, 2.24) is 4.98 Å². The van der Waals surface area contributed by atoms with Crippen LogP contribution < -0.4 is 10.2 Å². The number of aromatic nitrogens is 1. The Morgan fingerprint density at radius 1 is 1.00 bits per heavy atom. The minimum Gasteiger partial charge on any atom is -0.341 e. The molecule has 4 nitrogen and oxygen atoms in total. The molecule has 1 aliphatic rings. The van der Waals surface area contributed by atoms with Crippen LogP contribution in [0.3, 0.4) is 0 Å². The highest BCUT2D eigenvalue weighted by Gasteiger charge is 2.19. The maximum atomic E-state index is 12.1. The fraction of sp³-hybridized carbons (Fsp3) is 0.182. The van der Waals surface area contributed by atoms with Crippen molar-refractivity contribution < 1.29 is 4.79 Å². The molecule has 2 aromatic carbocycles. The number of pyridine rings is 1. The Hall–Kier alpha value is -3.14. The third kappa shape index (κ3) is 3.59. The smallest absolute Gasteiger partial charge is 0.224 e. The van der Waals surface area contributed by atoms with Gasteiger partial charge in [-0.3, -0.25) is 9.78 Å². The fourth-order valence-corrected chi connectivity index (χ4v) is 3.34. The monoisotopic (exact) mass is 343 g/mol. The average Bonchev–Trinajstić information content (AvgIpc) is 3.12. The lowest BCUT2D eigenvalue weighted by atomic mass is 10.2. The van der Waals surface area contributed by atoms with Crippen LogP contribution in [-0.4, -0.2) is 17.4 Å². The minimum absolute atomic E-state index is 0.00919. The molecule has 1 aromatic heterocycles. The topological polar surface area (TPSA) is 45.2 Å². The molecular weight excluding hydrogens is 322 g/mol. The summed E-state index contributed by atoms with van der Waals surface area (Å²) in [6.45, 7) is 0.995. The van der Waals surface area contributed by atoms with Gasteiger partial charge < -0.3 is 10.2 Å². The van der Waals surface area contributed by atoms with Gasteiger partial charge in [-0.25, -0.2) is 0 Å². The summed E-state index contributed by atoms with van der Waals surface area (Å²) in [5.41, 5.74) is 5.58. The number of anilines is 3. The van der Waals surface area contributed by atoms with Gasteiger partial charge in [-0.15, -0.1) is 0 Å². The molecule has 0 spiro atoms. The van der Waals surface area contributed by atoms with Crippen molar-refractivity contribution in [3.63, 3.8) is 0 Å². The van der Waals surface area contributed by atoms with Crippen LogP contribution in [0.4, 0.5) is 17.1 Å². The molecule has 26 heavy (non-hydrogen) atoms. The molecule has 130 valence electrons. The van der Waals surface area contributed by atoms with Crippen molar-refractivity contribution in [3.05, 3.63) is 84.2 Å². The quantitative estimate of drug-likeness (QED) is 0.749. The van der Waals surface area contributed by atoms with Gasteiger partial charge in [0.1, 0.15) is 0 Å². The summed E-state index contributed by atoms with van der Waals surface area (Å²) >= 11 is 0. The van der Waals surface area contributed by atoms with Crippen molar-refractivity contribution >= 4 is 23.0 Å². The number of rotatable bonds is 5. The second kappa shape index (κ2) is 7.40. The van der Waals surface area contributed by atoms with E-state index < -0.39 is 0 Å². The number of carbonyl (C=O) groups is 1. The fourth-order valence-electron chi connectivity index (χ4n) is 3.34. The Labute approximate surface area is 153 Å². The van der Waals surface area contributed by atoms with E-state index in [-0.39, 0.29) is 5.91 Å². The highest BCUT2D eigenvalue weighted by molar-refractivity contribution is 5.91. The van der Waals surface area contributed by atoms with Crippen LogP contribution in [0.25, 0.3) is 0 Å². The van der Waals surface area contributed by atoms with E-state index in [4.69, 9.17) is 0 Å². The number of aryl methyl sites for hydroxylation is 1. The van der Waals surface area contributed by atoms with Crippen molar-refractivity contribution in [3.8, 4) is 0 Å². The maximum absolute atomic E-state index is 12.1. The van der Waals surface area contributed by atoms with E-state index in [1.54, 1.807) is 6.20 Å². The first-order valence-corrected chi connectivity index (χ1v) is 8.95. The van der Waals surface area contributed by atoms with Gasteiger partial charge >= 0.3 is 0 Å². The van der Waals surface area contributed by atoms with E-state index in [2.05, 4.69) is 51.6 Å². The van der Waals surface area contributed by atoms with E-state index >= 15 is 0 Å². The van der Waals surface area contributed by atoms with E-state index in [1.807, 2.05) is 30.3 Å². The predicted molar refractivity (Wildman–Crippen MR) is 105 cm³/mol. The van der Waals surface area contributed by atoms with Crippen LogP contribution in [0, 0.1) is 0 Å². The van der Waals surface area contributed by atoms with E-state index in [1.165, 1.54) is 11.3 Å². The lowest BCUT2D eigenvalue weighted by Gasteiger charge is -2.20. The molecule has 2 heterocycles. The second-order valence-electron chi connectivity index (χ2n) is 6.45. The standard InChI is InChI=1S/C22H21N3O/c26-22(13-10-18-6-3-4-15-23-18)24-19-8-11-20(12-9-19)25-16-14-17-5-1-2-7-21(17)25/h1-9,11-12,15H,10,13-14,16H2,(H,24,26). The SMILES string of the molecule is O=C(CCc1ccccn1)Nc1ccc(N2CCc3ccccc32)cc1. The Bertz CT molecular complexity index is 891. The van der Waals surface area contributed by atoms with Crippen LogP contribution >= 0.6 is 0 Å². The van der Waals surface area contributed by atoms with E-state index in [0.717, 1.165) is 30.0 Å². The minimum atomic E-state index is 0.00919. The van der Waals surface area contributed by atoms with Gasteiger partial charge in [0.25, 0.3) is 0 Å². The zero-order valence-electron chi connectivity index (χ0n) is 14.6. The van der Waals surface area contributed by atoms with Gasteiger partial charge in [0.2, 0.25) is 5.91 Å². The van der Waals surface area contributed by atoms with Gasteiger partial charge in [0.05, 0.1) is 0 Å². The van der Waals surface area contributed by atoms with Crippen molar-refractivity contribution in [2.24, 2.45) is 0 Å². The Balaban J connectivity index is 1.37. The Morgan fingerprint density at radius 2 is 1.81 bits per heavy atom. The highest BCUT2D eigenvalue weighted by Crippen LogP contribution is 2.34. The zero-order chi connectivity index (χ0) is 17.8. The van der Waals surface area contributed by atoms with Gasteiger partial charge in [0, 0.05) is 41.9 Å². The normalized spacial score (nSPS) is 12.7. The lowest BCUT2D eigenvalue weighted by Crippen LogP contribution is -2.14.